The molecular formula is C15H18I2N4. The maximum Gasteiger partial charge on any atom is 0.121 e. The molecule has 112 valence electrons. The number of rotatable bonds is 3. The van der Waals surface area contributed by atoms with Gasteiger partial charge in [0.15, 0.2) is 0 Å². The van der Waals surface area contributed by atoms with Gasteiger partial charge in [0.05, 0.1) is 44.4 Å². The van der Waals surface area contributed by atoms with Crippen molar-refractivity contribution < 1.29 is 28.5 Å². The van der Waals surface area contributed by atoms with Crippen LogP contribution >= 0.6 is 22.6 Å². The highest BCUT2D eigenvalue weighted by Crippen LogP contribution is 2.22. The number of hydrogen-bond acceptors (Lipinski definition) is 2. The molecule has 0 aliphatic heterocycles. The number of imidazole rings is 1. The molecule has 1 heterocycles. The lowest BCUT2D eigenvalue weighted by Gasteiger charge is -2.25. The van der Waals surface area contributed by atoms with E-state index < -0.39 is 0 Å². The molecule has 0 N–H and O–H groups in total. The summed E-state index contributed by atoms with van der Waals surface area (Å²) in [6.45, 7) is 2.88. The van der Waals surface area contributed by atoms with Crippen LogP contribution in [0.25, 0.3) is 5.69 Å². The Morgan fingerprint density at radius 1 is 1.33 bits per heavy atom. The standard InChI is InChI=1S/C15H18IN4.HI/c1-11-15(9-20(2,3)4)19(10-18-11)14-6-5-13(16)7-12(14)8-17;/h5-7,10H,9H2,1-4H3;1H/q+1;/p-1. The van der Waals surface area contributed by atoms with Gasteiger partial charge >= 0.3 is 0 Å². The van der Waals surface area contributed by atoms with Crippen molar-refractivity contribution in [2.75, 3.05) is 21.1 Å². The topological polar surface area (TPSA) is 41.6 Å². The summed E-state index contributed by atoms with van der Waals surface area (Å²) in [6.07, 6.45) is 1.81. The van der Waals surface area contributed by atoms with E-state index in [9.17, 15) is 5.26 Å². The van der Waals surface area contributed by atoms with Crippen LogP contribution in [-0.4, -0.2) is 35.2 Å². The van der Waals surface area contributed by atoms with Crippen LogP contribution in [0.4, 0.5) is 0 Å². The van der Waals surface area contributed by atoms with E-state index in [1.807, 2.05) is 36.0 Å². The minimum atomic E-state index is 0. The van der Waals surface area contributed by atoms with Gasteiger partial charge in [0, 0.05) is 3.57 Å². The minimum absolute atomic E-state index is 0. The van der Waals surface area contributed by atoms with Crippen LogP contribution < -0.4 is 24.0 Å². The molecule has 0 bridgehead atoms. The van der Waals surface area contributed by atoms with Gasteiger partial charge < -0.3 is 28.5 Å². The van der Waals surface area contributed by atoms with Gasteiger partial charge in [0.2, 0.25) is 0 Å². The Hall–Kier alpha value is -0.660. The summed E-state index contributed by atoms with van der Waals surface area (Å²) in [5.41, 5.74) is 3.74. The van der Waals surface area contributed by atoms with E-state index in [0.29, 0.717) is 5.56 Å². The first-order valence-corrected chi connectivity index (χ1v) is 7.43. The fourth-order valence-corrected chi connectivity index (χ4v) is 2.61. The van der Waals surface area contributed by atoms with Crippen molar-refractivity contribution in [3.8, 4) is 11.8 Å². The number of halogens is 2. The van der Waals surface area contributed by atoms with E-state index in [1.54, 1.807) is 0 Å². The Morgan fingerprint density at radius 3 is 2.57 bits per heavy atom. The third-order valence-electron chi connectivity index (χ3n) is 3.04. The molecular weight excluding hydrogens is 490 g/mol. The highest BCUT2D eigenvalue weighted by Gasteiger charge is 2.18. The first-order chi connectivity index (χ1) is 9.31. The zero-order chi connectivity index (χ0) is 14.9. The van der Waals surface area contributed by atoms with Gasteiger partial charge in [-0.05, 0) is 47.7 Å². The smallest absolute Gasteiger partial charge is 0.121 e. The molecule has 0 amide bonds. The zero-order valence-electron chi connectivity index (χ0n) is 12.6. The summed E-state index contributed by atoms with van der Waals surface area (Å²) in [7, 11) is 6.45. The molecule has 0 radical (unpaired) electrons. The lowest BCUT2D eigenvalue weighted by atomic mass is 10.2. The van der Waals surface area contributed by atoms with Gasteiger partial charge in [-0.1, -0.05) is 0 Å². The van der Waals surface area contributed by atoms with E-state index in [-0.39, 0.29) is 24.0 Å². The molecule has 1 aromatic carbocycles. The predicted octanol–water partition coefficient (Wildman–Crippen LogP) is -0.133. The fraction of sp³-hybridized carbons (Fsp3) is 0.333. The van der Waals surface area contributed by atoms with Gasteiger partial charge in [-0.25, -0.2) is 4.98 Å². The number of benzene rings is 1. The fourth-order valence-electron chi connectivity index (χ4n) is 2.12. The van der Waals surface area contributed by atoms with Crippen LogP contribution in [0.3, 0.4) is 0 Å². The van der Waals surface area contributed by atoms with Gasteiger partial charge in [-0.3, -0.25) is 4.57 Å². The maximum atomic E-state index is 9.34. The van der Waals surface area contributed by atoms with Crippen molar-refractivity contribution in [2.45, 2.75) is 13.5 Å². The number of quaternary nitrogens is 1. The molecule has 0 fully saturated rings. The van der Waals surface area contributed by atoms with Gasteiger partial charge in [-0.15, -0.1) is 0 Å². The molecule has 0 aliphatic carbocycles. The molecule has 0 saturated heterocycles. The summed E-state index contributed by atoms with van der Waals surface area (Å²) in [5.74, 6) is 0. The van der Waals surface area contributed by atoms with E-state index >= 15 is 0 Å². The Bertz CT molecular complexity index is 678. The lowest BCUT2D eigenvalue weighted by molar-refractivity contribution is -0.884. The molecule has 21 heavy (non-hydrogen) atoms. The maximum absolute atomic E-state index is 9.34. The number of nitriles is 1. The molecule has 1 aromatic heterocycles. The van der Waals surface area contributed by atoms with Crippen molar-refractivity contribution in [3.63, 3.8) is 0 Å². The van der Waals surface area contributed by atoms with Crippen molar-refractivity contribution in [1.82, 2.24) is 9.55 Å². The predicted molar refractivity (Wildman–Crippen MR) is 87.5 cm³/mol. The number of aromatic nitrogens is 2. The Labute approximate surface area is 156 Å². The van der Waals surface area contributed by atoms with Crippen LogP contribution in [0, 0.1) is 21.8 Å². The van der Waals surface area contributed by atoms with Gasteiger partial charge in [-0.2, -0.15) is 5.26 Å². The largest absolute Gasteiger partial charge is 1.00 e. The summed E-state index contributed by atoms with van der Waals surface area (Å²) in [4.78, 5) is 4.42. The van der Waals surface area contributed by atoms with Crippen LogP contribution in [0.15, 0.2) is 24.5 Å². The first kappa shape index (κ1) is 18.4. The molecule has 0 aliphatic rings. The molecule has 4 nitrogen and oxygen atoms in total. The van der Waals surface area contributed by atoms with Gasteiger partial charge in [0.25, 0.3) is 0 Å². The molecule has 0 spiro atoms. The van der Waals surface area contributed by atoms with E-state index in [2.05, 4.69) is 54.8 Å². The monoisotopic (exact) mass is 508 g/mol. The second kappa shape index (κ2) is 7.07. The first-order valence-electron chi connectivity index (χ1n) is 6.35. The molecule has 0 unspecified atom stereocenters. The molecule has 2 aromatic rings. The van der Waals surface area contributed by atoms with E-state index in [4.69, 9.17) is 0 Å². The Morgan fingerprint density at radius 2 is 2.00 bits per heavy atom. The normalized spacial score (nSPS) is 10.9. The summed E-state index contributed by atoms with van der Waals surface area (Å²) < 4.78 is 3.92. The highest BCUT2D eigenvalue weighted by molar-refractivity contribution is 14.1. The molecule has 6 heteroatoms. The zero-order valence-corrected chi connectivity index (χ0v) is 16.9. The highest BCUT2D eigenvalue weighted by atomic mass is 127. The van der Waals surface area contributed by atoms with Crippen molar-refractivity contribution >= 4 is 22.6 Å². The van der Waals surface area contributed by atoms with Crippen LogP contribution in [-0.2, 0) is 6.54 Å². The summed E-state index contributed by atoms with van der Waals surface area (Å²) in [6, 6.07) is 8.18. The van der Waals surface area contributed by atoms with Crippen molar-refractivity contribution in [1.29, 1.82) is 5.26 Å². The molecule has 2 rings (SSSR count). The van der Waals surface area contributed by atoms with E-state index in [0.717, 1.165) is 31.7 Å². The van der Waals surface area contributed by atoms with Gasteiger partial charge in [0.1, 0.15) is 18.3 Å². The third-order valence-corrected chi connectivity index (χ3v) is 3.71. The summed E-state index contributed by atoms with van der Waals surface area (Å²) in [5, 5.41) is 9.34. The minimum Gasteiger partial charge on any atom is -1.00 e. The van der Waals surface area contributed by atoms with Crippen molar-refractivity contribution in [3.05, 3.63) is 45.0 Å². The number of nitrogens with zero attached hydrogens (tertiary/aromatic N) is 4. The Kier molecular flexibility index (Phi) is 6.19. The lowest BCUT2D eigenvalue weighted by Crippen LogP contribution is -3.00. The number of aryl methyl sites for hydroxylation is 1. The SMILES string of the molecule is Cc1ncn(-c2ccc(I)cc2C#N)c1C[N+](C)(C)C.[I-]. The van der Waals surface area contributed by atoms with E-state index in [1.165, 1.54) is 0 Å². The third kappa shape index (κ3) is 4.40. The average Bonchev–Trinajstić information content (AvgIpc) is 2.69. The Balaban J connectivity index is 0.00000220. The molecule has 0 saturated carbocycles. The number of hydrogen-bond donors (Lipinski definition) is 0. The summed E-state index contributed by atoms with van der Waals surface area (Å²) >= 11 is 2.22. The quantitative estimate of drug-likeness (QED) is 0.429. The van der Waals surface area contributed by atoms with Crippen LogP contribution in [0.2, 0.25) is 0 Å². The van der Waals surface area contributed by atoms with Crippen molar-refractivity contribution in [2.24, 2.45) is 0 Å². The van der Waals surface area contributed by atoms with Crippen LogP contribution in [0.5, 0.6) is 0 Å². The second-order valence-corrected chi connectivity index (χ2v) is 7.11. The average molecular weight is 508 g/mol. The van der Waals surface area contributed by atoms with Crippen LogP contribution in [0.1, 0.15) is 17.0 Å². The second-order valence-electron chi connectivity index (χ2n) is 5.87. The molecule has 0 atom stereocenters.